The lowest BCUT2D eigenvalue weighted by molar-refractivity contribution is 0.0276. The molecule has 0 aliphatic carbocycles. The Kier molecular flexibility index (Phi) is 5.08. The zero-order valence-electron chi connectivity index (χ0n) is 12.0. The van der Waals surface area contributed by atoms with Gasteiger partial charge in [0, 0.05) is 31.5 Å². The molecule has 0 saturated heterocycles. The summed E-state index contributed by atoms with van der Waals surface area (Å²) in [5.41, 5.74) is 0.813. The van der Waals surface area contributed by atoms with Crippen LogP contribution in [-0.4, -0.2) is 44.9 Å². The molecule has 1 heterocycles. The molecule has 0 radical (unpaired) electrons. The summed E-state index contributed by atoms with van der Waals surface area (Å²) in [7, 11) is -0.353. The van der Waals surface area contributed by atoms with Gasteiger partial charge in [-0.05, 0) is 27.8 Å². The molecule has 0 atom stereocenters. The van der Waals surface area contributed by atoms with Crippen LogP contribution in [0.2, 0.25) is 0 Å². The van der Waals surface area contributed by atoms with Crippen molar-refractivity contribution in [2.75, 3.05) is 20.7 Å². The van der Waals surface area contributed by atoms with E-state index in [0.717, 1.165) is 5.69 Å². The van der Waals surface area contributed by atoms with Crippen molar-refractivity contribution in [1.82, 2.24) is 20.2 Å². The lowest BCUT2D eigenvalue weighted by atomic mass is 10.1. The van der Waals surface area contributed by atoms with Crippen LogP contribution in [0, 0.1) is 6.92 Å². The van der Waals surface area contributed by atoms with Gasteiger partial charge < -0.3 is 10.1 Å². The quantitative estimate of drug-likeness (QED) is 0.664. The lowest BCUT2D eigenvalue weighted by Gasteiger charge is -2.22. The number of sulfonamides is 1. The first-order valence-corrected chi connectivity index (χ1v) is 7.45. The van der Waals surface area contributed by atoms with Crippen LogP contribution in [0.15, 0.2) is 5.03 Å². The van der Waals surface area contributed by atoms with E-state index in [0.29, 0.717) is 12.1 Å². The van der Waals surface area contributed by atoms with Gasteiger partial charge in [-0.15, -0.1) is 0 Å². The molecule has 0 bridgehead atoms. The summed E-state index contributed by atoms with van der Waals surface area (Å²) in [5, 5.41) is 9.54. The van der Waals surface area contributed by atoms with Gasteiger partial charge in [0.25, 0.3) is 10.0 Å². The fourth-order valence-corrected chi connectivity index (χ4v) is 2.84. The number of hydrogen-bond acceptors (Lipinski definition) is 5. The first-order chi connectivity index (χ1) is 8.73. The molecule has 19 heavy (non-hydrogen) atoms. The van der Waals surface area contributed by atoms with Crippen molar-refractivity contribution in [2.24, 2.45) is 0 Å². The van der Waals surface area contributed by atoms with Crippen molar-refractivity contribution in [3.63, 3.8) is 0 Å². The third-order valence-corrected chi connectivity index (χ3v) is 4.26. The van der Waals surface area contributed by atoms with Crippen LogP contribution >= 0.6 is 0 Å². The highest BCUT2D eigenvalue weighted by atomic mass is 32.2. The molecule has 0 saturated carbocycles. The summed E-state index contributed by atoms with van der Waals surface area (Å²) in [5.74, 6) is 0. The fourth-order valence-electron chi connectivity index (χ4n) is 1.45. The normalized spacial score (nSPS) is 12.9. The van der Waals surface area contributed by atoms with E-state index >= 15 is 0 Å². The number of H-pyrrole nitrogens is 1. The van der Waals surface area contributed by atoms with E-state index in [1.165, 1.54) is 0 Å². The van der Waals surface area contributed by atoms with Gasteiger partial charge >= 0.3 is 0 Å². The van der Waals surface area contributed by atoms with E-state index in [1.54, 1.807) is 34.9 Å². The standard InChI is InChI=1S/C11H22N4O3S/c1-8-9(6-12-4)10(15-14-8)19(16,17)13-7-11(2,3)18-5/h12-13H,6-7H2,1-5H3,(H,14,15). The van der Waals surface area contributed by atoms with Gasteiger partial charge in [-0.3, -0.25) is 5.10 Å². The molecule has 1 rings (SSSR count). The number of nitrogens with one attached hydrogen (secondary N) is 3. The van der Waals surface area contributed by atoms with Gasteiger partial charge in [0.2, 0.25) is 0 Å². The molecule has 3 N–H and O–H groups in total. The molecular formula is C11H22N4O3S. The molecule has 7 nitrogen and oxygen atoms in total. The van der Waals surface area contributed by atoms with Crippen molar-refractivity contribution >= 4 is 10.0 Å². The monoisotopic (exact) mass is 290 g/mol. The van der Waals surface area contributed by atoms with E-state index in [9.17, 15) is 8.42 Å². The number of nitrogens with zero attached hydrogens (tertiary/aromatic N) is 1. The summed E-state index contributed by atoms with van der Waals surface area (Å²) in [6, 6.07) is 0. The van der Waals surface area contributed by atoms with Crippen LogP contribution in [0.3, 0.4) is 0 Å². The number of rotatable bonds is 7. The highest BCUT2D eigenvalue weighted by molar-refractivity contribution is 7.89. The second-order valence-corrected chi connectivity index (χ2v) is 6.63. The Morgan fingerprint density at radius 1 is 1.42 bits per heavy atom. The third-order valence-electron chi connectivity index (χ3n) is 2.88. The van der Waals surface area contributed by atoms with E-state index in [-0.39, 0.29) is 11.6 Å². The van der Waals surface area contributed by atoms with Crippen LogP contribution in [0.4, 0.5) is 0 Å². The molecule has 8 heteroatoms. The highest BCUT2D eigenvalue weighted by Crippen LogP contribution is 2.16. The number of aromatic nitrogens is 2. The minimum absolute atomic E-state index is 0.0336. The zero-order valence-corrected chi connectivity index (χ0v) is 12.8. The maximum absolute atomic E-state index is 12.2. The number of aryl methyl sites for hydroxylation is 1. The highest BCUT2D eigenvalue weighted by Gasteiger charge is 2.26. The minimum atomic E-state index is -3.65. The van der Waals surface area contributed by atoms with Crippen molar-refractivity contribution in [1.29, 1.82) is 0 Å². The Hall–Kier alpha value is -0.960. The molecule has 1 aromatic rings. The van der Waals surface area contributed by atoms with Crippen LogP contribution in [0.1, 0.15) is 25.1 Å². The molecular weight excluding hydrogens is 268 g/mol. The molecule has 1 aromatic heterocycles. The minimum Gasteiger partial charge on any atom is -0.377 e. The van der Waals surface area contributed by atoms with Gasteiger partial charge in [0.15, 0.2) is 5.03 Å². The average molecular weight is 290 g/mol. The van der Waals surface area contributed by atoms with Gasteiger partial charge in [0.05, 0.1) is 5.60 Å². The Morgan fingerprint density at radius 2 is 2.05 bits per heavy atom. The number of methoxy groups -OCH3 is 1. The number of aromatic amines is 1. The van der Waals surface area contributed by atoms with E-state index in [2.05, 4.69) is 20.2 Å². The Labute approximate surface area is 114 Å². The van der Waals surface area contributed by atoms with E-state index in [4.69, 9.17) is 4.74 Å². The number of ether oxygens (including phenoxy) is 1. The van der Waals surface area contributed by atoms with Gasteiger partial charge in [-0.1, -0.05) is 0 Å². The topological polar surface area (TPSA) is 96.1 Å². The predicted molar refractivity (Wildman–Crippen MR) is 72.4 cm³/mol. The molecule has 0 unspecified atom stereocenters. The Morgan fingerprint density at radius 3 is 2.58 bits per heavy atom. The zero-order chi connectivity index (χ0) is 14.7. The first-order valence-electron chi connectivity index (χ1n) is 5.97. The molecule has 0 aromatic carbocycles. The average Bonchev–Trinajstić information content (AvgIpc) is 2.70. The maximum Gasteiger partial charge on any atom is 0.260 e. The van der Waals surface area contributed by atoms with Gasteiger partial charge in [-0.2, -0.15) is 5.10 Å². The second-order valence-electron chi connectivity index (χ2n) is 4.95. The summed E-state index contributed by atoms with van der Waals surface area (Å²) < 4.78 is 32.2. The summed E-state index contributed by atoms with van der Waals surface area (Å²) in [4.78, 5) is 0. The van der Waals surface area contributed by atoms with Crippen molar-refractivity contribution in [2.45, 2.75) is 37.9 Å². The molecule has 0 spiro atoms. The van der Waals surface area contributed by atoms with E-state index in [1.807, 2.05) is 0 Å². The SMILES string of the molecule is CNCc1c(S(=O)(=O)NCC(C)(C)OC)n[nH]c1C. The largest absolute Gasteiger partial charge is 0.377 e. The summed E-state index contributed by atoms with van der Waals surface area (Å²) in [6.45, 7) is 6.01. The van der Waals surface area contributed by atoms with E-state index < -0.39 is 15.6 Å². The van der Waals surface area contributed by atoms with Crippen LogP contribution in [0.25, 0.3) is 0 Å². The molecule has 0 aliphatic rings. The van der Waals surface area contributed by atoms with Crippen molar-refractivity contribution in [3.05, 3.63) is 11.3 Å². The van der Waals surface area contributed by atoms with Gasteiger partial charge in [-0.25, -0.2) is 13.1 Å². The smallest absolute Gasteiger partial charge is 0.260 e. The van der Waals surface area contributed by atoms with Crippen molar-refractivity contribution < 1.29 is 13.2 Å². The first kappa shape index (κ1) is 16.1. The van der Waals surface area contributed by atoms with Crippen LogP contribution in [-0.2, 0) is 21.3 Å². The van der Waals surface area contributed by atoms with Crippen molar-refractivity contribution in [3.8, 4) is 0 Å². The predicted octanol–water partition coefficient (Wildman–Crippen LogP) is 0.141. The summed E-state index contributed by atoms with van der Waals surface area (Å²) in [6.07, 6.45) is 0. The third kappa shape index (κ3) is 4.00. The Bertz CT molecular complexity index is 522. The van der Waals surface area contributed by atoms with Gasteiger partial charge in [0.1, 0.15) is 0 Å². The lowest BCUT2D eigenvalue weighted by Crippen LogP contribution is -2.40. The maximum atomic E-state index is 12.2. The second kappa shape index (κ2) is 6.00. The van der Waals surface area contributed by atoms with Crippen LogP contribution in [0.5, 0.6) is 0 Å². The molecule has 110 valence electrons. The van der Waals surface area contributed by atoms with Crippen LogP contribution < -0.4 is 10.0 Å². The molecule has 0 aliphatic heterocycles. The molecule has 0 amide bonds. The summed E-state index contributed by atoms with van der Waals surface area (Å²) >= 11 is 0. The Balaban J connectivity index is 2.95. The molecule has 0 fully saturated rings. The number of hydrogen-bond donors (Lipinski definition) is 3. The fraction of sp³-hybridized carbons (Fsp3) is 0.727.